The van der Waals surface area contributed by atoms with Gasteiger partial charge >= 0.3 is 0 Å². The zero-order chi connectivity index (χ0) is 12.8. The number of amides is 1. The van der Waals surface area contributed by atoms with E-state index in [0.717, 1.165) is 11.1 Å². The van der Waals surface area contributed by atoms with E-state index in [4.69, 9.17) is 0 Å². The van der Waals surface area contributed by atoms with Crippen LogP contribution in [0.3, 0.4) is 0 Å². The van der Waals surface area contributed by atoms with E-state index in [1.165, 1.54) is 5.56 Å². The first-order valence-corrected chi connectivity index (χ1v) is 5.96. The lowest BCUT2D eigenvalue weighted by Gasteiger charge is -2.07. The Bertz CT molecular complexity index is 523. The van der Waals surface area contributed by atoms with Crippen LogP contribution in [0.25, 0.3) is 0 Å². The number of rotatable bonds is 4. The first-order valence-electron chi connectivity index (χ1n) is 5.96. The van der Waals surface area contributed by atoms with Gasteiger partial charge in [-0.1, -0.05) is 30.3 Å². The summed E-state index contributed by atoms with van der Waals surface area (Å²) in [5.41, 5.74) is 3.27. The maximum absolute atomic E-state index is 11.8. The highest BCUT2D eigenvalue weighted by Gasteiger charge is 2.04. The standard InChI is InChI=1S/C15H16N2O/c1-12-5-2-3-7-14(12)11-17-15(18)9-13-6-4-8-16-10-13/h2-8,10H,9,11H2,1H3,(H,17,18). The molecule has 1 aromatic heterocycles. The van der Waals surface area contributed by atoms with Crippen molar-refractivity contribution >= 4 is 5.91 Å². The van der Waals surface area contributed by atoms with Crippen LogP contribution in [0.4, 0.5) is 0 Å². The lowest BCUT2D eigenvalue weighted by Crippen LogP contribution is -2.24. The van der Waals surface area contributed by atoms with Crippen LogP contribution < -0.4 is 5.32 Å². The Morgan fingerprint density at radius 1 is 1.22 bits per heavy atom. The van der Waals surface area contributed by atoms with Gasteiger partial charge in [-0.2, -0.15) is 0 Å². The van der Waals surface area contributed by atoms with Gasteiger partial charge in [-0.3, -0.25) is 9.78 Å². The van der Waals surface area contributed by atoms with Crippen LogP contribution in [-0.2, 0) is 17.8 Å². The van der Waals surface area contributed by atoms with Crippen LogP contribution in [0.1, 0.15) is 16.7 Å². The fourth-order valence-corrected chi connectivity index (χ4v) is 1.75. The third kappa shape index (κ3) is 3.42. The molecule has 2 rings (SSSR count). The van der Waals surface area contributed by atoms with Crippen molar-refractivity contribution in [3.8, 4) is 0 Å². The predicted octanol–water partition coefficient (Wildman–Crippen LogP) is 2.25. The summed E-state index contributed by atoms with van der Waals surface area (Å²) in [6, 6.07) is 11.8. The molecule has 0 bridgehead atoms. The minimum absolute atomic E-state index is 0.0197. The van der Waals surface area contributed by atoms with Gasteiger partial charge in [-0.25, -0.2) is 0 Å². The number of hydrogen-bond donors (Lipinski definition) is 1. The molecule has 0 spiro atoms. The molecule has 3 heteroatoms. The third-order valence-electron chi connectivity index (χ3n) is 2.82. The van der Waals surface area contributed by atoms with Gasteiger partial charge in [0.15, 0.2) is 0 Å². The molecule has 0 aliphatic rings. The summed E-state index contributed by atoms with van der Waals surface area (Å²) in [5.74, 6) is 0.0197. The summed E-state index contributed by atoms with van der Waals surface area (Å²) < 4.78 is 0. The summed E-state index contributed by atoms with van der Waals surface area (Å²) >= 11 is 0. The van der Waals surface area contributed by atoms with E-state index in [0.29, 0.717) is 13.0 Å². The number of carbonyl (C=O) groups excluding carboxylic acids is 1. The van der Waals surface area contributed by atoms with E-state index in [9.17, 15) is 4.79 Å². The topological polar surface area (TPSA) is 42.0 Å². The van der Waals surface area contributed by atoms with E-state index >= 15 is 0 Å². The minimum atomic E-state index is 0.0197. The van der Waals surface area contributed by atoms with Gasteiger partial charge in [0, 0.05) is 18.9 Å². The second kappa shape index (κ2) is 5.96. The van der Waals surface area contributed by atoms with Gasteiger partial charge in [-0.05, 0) is 29.7 Å². The zero-order valence-electron chi connectivity index (χ0n) is 10.4. The predicted molar refractivity (Wildman–Crippen MR) is 71.0 cm³/mol. The normalized spacial score (nSPS) is 10.1. The van der Waals surface area contributed by atoms with Crippen LogP contribution in [0.2, 0.25) is 0 Å². The molecule has 0 saturated heterocycles. The van der Waals surface area contributed by atoms with Crippen molar-refractivity contribution in [2.45, 2.75) is 19.9 Å². The Balaban J connectivity index is 1.88. The number of nitrogens with one attached hydrogen (secondary N) is 1. The van der Waals surface area contributed by atoms with Crippen molar-refractivity contribution in [3.63, 3.8) is 0 Å². The Kier molecular flexibility index (Phi) is 4.07. The maximum atomic E-state index is 11.8. The molecule has 2 aromatic rings. The van der Waals surface area contributed by atoms with Crippen molar-refractivity contribution in [1.82, 2.24) is 10.3 Å². The molecule has 1 heterocycles. The van der Waals surface area contributed by atoms with Crippen molar-refractivity contribution < 1.29 is 4.79 Å². The van der Waals surface area contributed by atoms with E-state index in [2.05, 4.69) is 10.3 Å². The number of aryl methyl sites for hydroxylation is 1. The van der Waals surface area contributed by atoms with Crippen LogP contribution in [0, 0.1) is 6.92 Å². The van der Waals surface area contributed by atoms with E-state index in [-0.39, 0.29) is 5.91 Å². The Labute approximate surface area is 107 Å². The molecule has 1 N–H and O–H groups in total. The van der Waals surface area contributed by atoms with E-state index in [1.807, 2.05) is 43.3 Å². The molecule has 0 aliphatic heterocycles. The van der Waals surface area contributed by atoms with Gasteiger partial charge in [-0.15, -0.1) is 0 Å². The van der Waals surface area contributed by atoms with Gasteiger partial charge in [0.2, 0.25) is 5.91 Å². The molecule has 18 heavy (non-hydrogen) atoms. The highest BCUT2D eigenvalue weighted by molar-refractivity contribution is 5.78. The fourth-order valence-electron chi connectivity index (χ4n) is 1.75. The van der Waals surface area contributed by atoms with Gasteiger partial charge in [0.25, 0.3) is 0 Å². The third-order valence-corrected chi connectivity index (χ3v) is 2.82. The average molecular weight is 240 g/mol. The molecule has 0 fully saturated rings. The zero-order valence-corrected chi connectivity index (χ0v) is 10.4. The van der Waals surface area contributed by atoms with Gasteiger partial charge in [0.1, 0.15) is 0 Å². The number of pyridine rings is 1. The molecule has 1 amide bonds. The highest BCUT2D eigenvalue weighted by Crippen LogP contribution is 2.06. The molecular weight excluding hydrogens is 224 g/mol. The van der Waals surface area contributed by atoms with Crippen LogP contribution in [0.15, 0.2) is 48.8 Å². The van der Waals surface area contributed by atoms with Crippen LogP contribution in [0.5, 0.6) is 0 Å². The molecular formula is C15H16N2O. The van der Waals surface area contributed by atoms with Crippen molar-refractivity contribution in [1.29, 1.82) is 0 Å². The smallest absolute Gasteiger partial charge is 0.224 e. The minimum Gasteiger partial charge on any atom is -0.352 e. The Morgan fingerprint density at radius 3 is 2.78 bits per heavy atom. The quantitative estimate of drug-likeness (QED) is 0.890. The number of benzene rings is 1. The lowest BCUT2D eigenvalue weighted by atomic mass is 10.1. The molecule has 3 nitrogen and oxygen atoms in total. The number of aromatic nitrogens is 1. The van der Waals surface area contributed by atoms with Crippen molar-refractivity contribution in [2.24, 2.45) is 0 Å². The molecule has 92 valence electrons. The summed E-state index contributed by atoms with van der Waals surface area (Å²) in [6.07, 6.45) is 3.79. The monoisotopic (exact) mass is 240 g/mol. The van der Waals surface area contributed by atoms with Crippen LogP contribution in [-0.4, -0.2) is 10.9 Å². The van der Waals surface area contributed by atoms with E-state index < -0.39 is 0 Å². The van der Waals surface area contributed by atoms with E-state index in [1.54, 1.807) is 12.4 Å². The largest absolute Gasteiger partial charge is 0.352 e. The highest BCUT2D eigenvalue weighted by atomic mass is 16.1. The Hall–Kier alpha value is -2.16. The first-order chi connectivity index (χ1) is 8.75. The molecule has 0 unspecified atom stereocenters. The average Bonchev–Trinajstić information content (AvgIpc) is 2.39. The lowest BCUT2D eigenvalue weighted by molar-refractivity contribution is -0.120. The number of nitrogens with zero attached hydrogens (tertiary/aromatic N) is 1. The summed E-state index contributed by atoms with van der Waals surface area (Å²) in [5, 5.41) is 2.92. The Morgan fingerprint density at radius 2 is 2.06 bits per heavy atom. The SMILES string of the molecule is Cc1ccccc1CNC(=O)Cc1cccnc1. The first kappa shape index (κ1) is 12.3. The van der Waals surface area contributed by atoms with Gasteiger partial charge < -0.3 is 5.32 Å². The fraction of sp³-hybridized carbons (Fsp3) is 0.200. The second-order valence-corrected chi connectivity index (χ2v) is 4.24. The molecule has 0 saturated carbocycles. The maximum Gasteiger partial charge on any atom is 0.224 e. The molecule has 1 aromatic carbocycles. The summed E-state index contributed by atoms with van der Waals surface area (Å²) in [4.78, 5) is 15.7. The summed E-state index contributed by atoms with van der Waals surface area (Å²) in [6.45, 7) is 2.62. The molecule has 0 aliphatic carbocycles. The van der Waals surface area contributed by atoms with Crippen molar-refractivity contribution in [3.05, 3.63) is 65.5 Å². The van der Waals surface area contributed by atoms with Crippen LogP contribution >= 0.6 is 0 Å². The summed E-state index contributed by atoms with van der Waals surface area (Å²) in [7, 11) is 0. The molecule has 0 atom stereocenters. The molecule has 0 radical (unpaired) electrons. The number of carbonyl (C=O) groups is 1. The second-order valence-electron chi connectivity index (χ2n) is 4.24. The van der Waals surface area contributed by atoms with Gasteiger partial charge in [0.05, 0.1) is 6.42 Å². The number of hydrogen-bond acceptors (Lipinski definition) is 2. The van der Waals surface area contributed by atoms with Crippen molar-refractivity contribution in [2.75, 3.05) is 0 Å².